The maximum Gasteiger partial charge on any atom is 0.223 e. The molecule has 1 saturated heterocycles. The van der Waals surface area contributed by atoms with Gasteiger partial charge in [0.1, 0.15) is 5.82 Å². The number of piperidine rings is 1. The highest BCUT2D eigenvalue weighted by Gasteiger charge is 2.31. The van der Waals surface area contributed by atoms with Gasteiger partial charge < -0.3 is 10.6 Å². The topological polar surface area (TPSA) is 72.1 Å². The van der Waals surface area contributed by atoms with E-state index >= 15 is 0 Å². The molecule has 0 radical (unpaired) electrons. The highest BCUT2D eigenvalue weighted by atomic mass is 19.1. The van der Waals surface area contributed by atoms with Gasteiger partial charge in [-0.25, -0.2) is 14.4 Å². The molecule has 1 aliphatic heterocycles. The van der Waals surface area contributed by atoms with E-state index in [1.54, 1.807) is 24.4 Å². The molecule has 0 aliphatic carbocycles. The van der Waals surface area contributed by atoms with Crippen molar-refractivity contribution in [2.24, 2.45) is 0 Å². The predicted octanol–water partition coefficient (Wildman–Crippen LogP) is 4.55. The van der Waals surface area contributed by atoms with Crippen LogP contribution in [-0.4, -0.2) is 27.3 Å². The number of hydrogen-bond acceptors (Lipinski definition) is 4. The van der Waals surface area contributed by atoms with Crippen molar-refractivity contribution in [2.45, 2.75) is 38.1 Å². The fourth-order valence-corrected chi connectivity index (χ4v) is 4.10. The van der Waals surface area contributed by atoms with Crippen LogP contribution in [0.15, 0.2) is 60.8 Å². The van der Waals surface area contributed by atoms with Crippen molar-refractivity contribution in [3.63, 3.8) is 0 Å². The first kappa shape index (κ1) is 20.0. The Morgan fingerprint density at radius 3 is 2.63 bits per heavy atom. The molecule has 1 aromatic heterocycles. The summed E-state index contributed by atoms with van der Waals surface area (Å²) in [6, 6.07) is 16.3. The zero-order valence-electron chi connectivity index (χ0n) is 16.8. The van der Waals surface area contributed by atoms with Gasteiger partial charge >= 0.3 is 0 Å². The van der Waals surface area contributed by atoms with Gasteiger partial charge in [0.25, 0.3) is 0 Å². The first-order valence-electron chi connectivity index (χ1n) is 10.3. The Morgan fingerprint density at radius 2 is 1.83 bits per heavy atom. The maximum atomic E-state index is 14.5. The second-order valence-corrected chi connectivity index (χ2v) is 7.59. The maximum absolute atomic E-state index is 14.5. The first-order chi connectivity index (χ1) is 14.6. The summed E-state index contributed by atoms with van der Waals surface area (Å²) in [5, 5.41) is 0. The zero-order chi connectivity index (χ0) is 20.9. The fraction of sp³-hybridized carbons (Fsp3) is 0.292. The highest BCUT2D eigenvalue weighted by Crippen LogP contribution is 2.37. The molecule has 0 spiro atoms. The summed E-state index contributed by atoms with van der Waals surface area (Å²) in [5.74, 6) is -0.127. The third-order valence-electron chi connectivity index (χ3n) is 5.61. The molecule has 0 saturated carbocycles. The molecular weight excluding hydrogens is 379 g/mol. The van der Waals surface area contributed by atoms with Crippen LogP contribution in [0.4, 0.5) is 10.3 Å². The molecule has 2 heterocycles. The summed E-state index contributed by atoms with van der Waals surface area (Å²) in [6.07, 6.45) is 5.38. The quantitative estimate of drug-likeness (QED) is 0.677. The summed E-state index contributed by atoms with van der Waals surface area (Å²) < 4.78 is 14.5. The molecule has 2 aromatic carbocycles. The summed E-state index contributed by atoms with van der Waals surface area (Å²) >= 11 is 0. The summed E-state index contributed by atoms with van der Waals surface area (Å²) in [5.41, 5.74) is 8.67. The van der Waals surface area contributed by atoms with E-state index < -0.39 is 0 Å². The second kappa shape index (κ2) is 9.03. The minimum atomic E-state index is -0.343. The van der Waals surface area contributed by atoms with Crippen LogP contribution in [-0.2, 0) is 11.2 Å². The number of carbonyl (C=O) groups excluding carboxylic acids is 1. The number of amides is 1. The fourth-order valence-electron chi connectivity index (χ4n) is 4.10. The summed E-state index contributed by atoms with van der Waals surface area (Å²) in [7, 11) is 0. The number of halogens is 1. The Morgan fingerprint density at radius 1 is 1.07 bits per heavy atom. The van der Waals surface area contributed by atoms with Gasteiger partial charge in [0, 0.05) is 30.3 Å². The number of rotatable bonds is 5. The normalized spacial score (nSPS) is 16.4. The Hall–Kier alpha value is -3.28. The number of nitrogen functional groups attached to an aromatic ring is 1. The summed E-state index contributed by atoms with van der Waals surface area (Å²) in [4.78, 5) is 23.6. The van der Waals surface area contributed by atoms with Crippen molar-refractivity contribution >= 4 is 11.9 Å². The van der Waals surface area contributed by atoms with E-state index in [4.69, 9.17) is 5.73 Å². The Bertz CT molecular complexity index is 1020. The van der Waals surface area contributed by atoms with Crippen molar-refractivity contribution in [2.75, 3.05) is 12.3 Å². The third-order valence-corrected chi connectivity index (χ3v) is 5.61. The van der Waals surface area contributed by atoms with Gasteiger partial charge in [-0.2, -0.15) is 0 Å². The van der Waals surface area contributed by atoms with Gasteiger partial charge in [0.2, 0.25) is 11.9 Å². The van der Waals surface area contributed by atoms with Crippen molar-refractivity contribution in [1.29, 1.82) is 0 Å². The summed E-state index contributed by atoms with van der Waals surface area (Å²) in [6.45, 7) is 0.666. The molecule has 6 heteroatoms. The minimum Gasteiger partial charge on any atom is -0.368 e. The van der Waals surface area contributed by atoms with Crippen LogP contribution in [0.2, 0.25) is 0 Å². The molecule has 1 amide bonds. The van der Waals surface area contributed by atoms with E-state index in [-0.39, 0.29) is 23.7 Å². The van der Waals surface area contributed by atoms with E-state index in [0.717, 1.165) is 24.8 Å². The lowest BCUT2D eigenvalue weighted by atomic mass is 9.93. The Balaban J connectivity index is 1.63. The molecule has 2 N–H and O–H groups in total. The molecule has 0 unspecified atom stereocenters. The lowest BCUT2D eigenvalue weighted by molar-refractivity contribution is -0.135. The smallest absolute Gasteiger partial charge is 0.223 e. The van der Waals surface area contributed by atoms with E-state index in [1.807, 2.05) is 35.2 Å². The van der Waals surface area contributed by atoms with Gasteiger partial charge in [-0.05, 0) is 37.3 Å². The molecule has 0 bridgehead atoms. The van der Waals surface area contributed by atoms with Gasteiger partial charge in [0.15, 0.2) is 0 Å². The Kier molecular flexibility index (Phi) is 6.02. The number of aromatic nitrogens is 2. The largest absolute Gasteiger partial charge is 0.368 e. The first-order valence-corrected chi connectivity index (χ1v) is 10.3. The molecule has 1 fully saturated rings. The predicted molar refractivity (Wildman–Crippen MR) is 115 cm³/mol. The van der Waals surface area contributed by atoms with Crippen LogP contribution in [0.5, 0.6) is 0 Å². The monoisotopic (exact) mass is 404 g/mol. The number of carbonyl (C=O) groups is 1. The highest BCUT2D eigenvalue weighted by molar-refractivity contribution is 5.78. The number of hydrogen-bond donors (Lipinski definition) is 1. The van der Waals surface area contributed by atoms with Crippen LogP contribution < -0.4 is 5.73 Å². The standard InChI is InChI=1S/C24H25FN4O/c25-20-11-5-4-10-18(20)19-16-27-24(26)28-23(19)21-12-6-7-15-29(21)22(30)14-13-17-8-2-1-3-9-17/h1-5,8-11,16,21H,6-7,12-15H2,(H2,26,27,28)/t21-/m1/s1. The number of nitrogens with zero attached hydrogens (tertiary/aromatic N) is 3. The van der Waals surface area contributed by atoms with Gasteiger partial charge in [-0.3, -0.25) is 4.79 Å². The van der Waals surface area contributed by atoms with Crippen molar-refractivity contribution in [1.82, 2.24) is 14.9 Å². The lowest BCUT2D eigenvalue weighted by Crippen LogP contribution is -2.39. The SMILES string of the molecule is Nc1ncc(-c2ccccc2F)c([C@H]2CCCCN2C(=O)CCc2ccccc2)n1. The van der Waals surface area contributed by atoms with Crippen molar-refractivity contribution in [3.8, 4) is 11.1 Å². The van der Waals surface area contributed by atoms with E-state index in [2.05, 4.69) is 9.97 Å². The van der Waals surface area contributed by atoms with Crippen molar-refractivity contribution in [3.05, 3.63) is 77.9 Å². The molecule has 154 valence electrons. The molecule has 5 nitrogen and oxygen atoms in total. The number of nitrogens with two attached hydrogens (primary N) is 1. The molecule has 3 aromatic rings. The van der Waals surface area contributed by atoms with Crippen LogP contribution in [0.3, 0.4) is 0 Å². The molecule has 1 atom stereocenters. The van der Waals surface area contributed by atoms with Crippen LogP contribution in [0.25, 0.3) is 11.1 Å². The van der Waals surface area contributed by atoms with E-state index in [0.29, 0.717) is 36.2 Å². The van der Waals surface area contributed by atoms with Crippen LogP contribution in [0, 0.1) is 5.82 Å². The number of benzene rings is 2. The van der Waals surface area contributed by atoms with Gasteiger partial charge in [0.05, 0.1) is 11.7 Å². The molecular formula is C24H25FN4O. The minimum absolute atomic E-state index is 0.0835. The second-order valence-electron chi connectivity index (χ2n) is 7.59. The van der Waals surface area contributed by atoms with Crippen LogP contribution >= 0.6 is 0 Å². The number of anilines is 1. The van der Waals surface area contributed by atoms with Gasteiger partial charge in [-0.15, -0.1) is 0 Å². The molecule has 1 aliphatic rings. The third kappa shape index (κ3) is 4.32. The van der Waals surface area contributed by atoms with E-state index in [1.165, 1.54) is 6.07 Å². The number of likely N-dealkylation sites (tertiary alicyclic amines) is 1. The van der Waals surface area contributed by atoms with Gasteiger partial charge in [-0.1, -0.05) is 48.5 Å². The van der Waals surface area contributed by atoms with Crippen molar-refractivity contribution < 1.29 is 9.18 Å². The lowest BCUT2D eigenvalue weighted by Gasteiger charge is -2.36. The molecule has 4 rings (SSSR count). The average molecular weight is 404 g/mol. The average Bonchev–Trinajstić information content (AvgIpc) is 2.79. The molecule has 30 heavy (non-hydrogen) atoms. The number of aryl methyl sites for hydroxylation is 1. The van der Waals surface area contributed by atoms with E-state index in [9.17, 15) is 9.18 Å². The Labute approximate surface area is 175 Å². The van der Waals surface area contributed by atoms with Crippen LogP contribution in [0.1, 0.15) is 43.0 Å². The zero-order valence-corrected chi connectivity index (χ0v) is 16.8.